The van der Waals surface area contributed by atoms with Gasteiger partial charge in [-0.1, -0.05) is 6.42 Å². The largest absolute Gasteiger partial charge is 0.336 e. The van der Waals surface area contributed by atoms with Gasteiger partial charge in [-0.3, -0.25) is 9.69 Å². The van der Waals surface area contributed by atoms with E-state index in [0.29, 0.717) is 12.1 Å². The Bertz CT molecular complexity index is 253. The quantitative estimate of drug-likeness (QED) is 0.777. The molecule has 2 aliphatic rings. The number of halogens is 2. The van der Waals surface area contributed by atoms with Crippen molar-refractivity contribution >= 4 is 30.7 Å². The van der Waals surface area contributed by atoms with Crippen molar-refractivity contribution in [2.24, 2.45) is 5.73 Å². The molecule has 6 heteroatoms. The average molecular weight is 284 g/mol. The third kappa shape index (κ3) is 3.71. The molecule has 0 spiro atoms. The number of piperidine rings is 1. The molecular formula is C11H23Cl2N3O. The maximum Gasteiger partial charge on any atom is 0.236 e. The highest BCUT2D eigenvalue weighted by Gasteiger charge is 2.34. The SMILES string of the molecule is CC1CN2CCCCC2CN1C(=O)CN.Cl.Cl. The minimum atomic E-state index is 0. The number of amides is 1. The summed E-state index contributed by atoms with van der Waals surface area (Å²) in [7, 11) is 0. The van der Waals surface area contributed by atoms with E-state index in [9.17, 15) is 4.79 Å². The lowest BCUT2D eigenvalue weighted by Crippen LogP contribution is -2.60. The van der Waals surface area contributed by atoms with Gasteiger partial charge < -0.3 is 10.6 Å². The van der Waals surface area contributed by atoms with Gasteiger partial charge in [0.15, 0.2) is 0 Å². The lowest BCUT2D eigenvalue weighted by atomic mass is 9.97. The topological polar surface area (TPSA) is 49.6 Å². The van der Waals surface area contributed by atoms with Crippen LogP contribution in [0.1, 0.15) is 26.2 Å². The summed E-state index contributed by atoms with van der Waals surface area (Å²) >= 11 is 0. The highest BCUT2D eigenvalue weighted by molar-refractivity contribution is 5.85. The maximum atomic E-state index is 11.6. The van der Waals surface area contributed by atoms with E-state index in [2.05, 4.69) is 11.8 Å². The predicted octanol–water partition coefficient (Wildman–Crippen LogP) is 0.874. The van der Waals surface area contributed by atoms with Gasteiger partial charge in [0.2, 0.25) is 5.91 Å². The molecule has 0 aromatic heterocycles. The van der Waals surface area contributed by atoms with Crippen molar-refractivity contribution in [1.82, 2.24) is 9.80 Å². The normalized spacial score (nSPS) is 28.7. The summed E-state index contributed by atoms with van der Waals surface area (Å²) in [5.41, 5.74) is 5.43. The number of piperazine rings is 1. The van der Waals surface area contributed by atoms with E-state index in [-0.39, 0.29) is 37.3 Å². The highest BCUT2D eigenvalue weighted by Crippen LogP contribution is 2.23. The van der Waals surface area contributed by atoms with Crippen LogP contribution >= 0.6 is 24.8 Å². The van der Waals surface area contributed by atoms with Crippen LogP contribution in [-0.2, 0) is 4.79 Å². The van der Waals surface area contributed by atoms with Gasteiger partial charge in [0.05, 0.1) is 6.54 Å². The number of carbonyl (C=O) groups is 1. The van der Waals surface area contributed by atoms with E-state index in [1.165, 1.54) is 25.8 Å². The van der Waals surface area contributed by atoms with E-state index in [4.69, 9.17) is 5.73 Å². The Morgan fingerprint density at radius 3 is 2.65 bits per heavy atom. The Labute approximate surface area is 116 Å². The van der Waals surface area contributed by atoms with Crippen LogP contribution in [0.4, 0.5) is 0 Å². The highest BCUT2D eigenvalue weighted by atomic mass is 35.5. The molecule has 2 heterocycles. The van der Waals surface area contributed by atoms with Crippen LogP contribution in [0.3, 0.4) is 0 Å². The Balaban J connectivity index is 0.00000128. The molecule has 0 saturated carbocycles. The molecule has 0 aliphatic carbocycles. The molecule has 0 aromatic carbocycles. The minimum Gasteiger partial charge on any atom is -0.336 e. The molecule has 0 bridgehead atoms. The van der Waals surface area contributed by atoms with Crippen molar-refractivity contribution in [3.05, 3.63) is 0 Å². The van der Waals surface area contributed by atoms with Gasteiger partial charge in [-0.2, -0.15) is 0 Å². The van der Waals surface area contributed by atoms with E-state index < -0.39 is 0 Å². The fourth-order valence-electron chi connectivity index (χ4n) is 2.82. The van der Waals surface area contributed by atoms with Crippen LogP contribution in [0, 0.1) is 0 Å². The molecule has 17 heavy (non-hydrogen) atoms. The Morgan fingerprint density at radius 1 is 1.29 bits per heavy atom. The van der Waals surface area contributed by atoms with Gasteiger partial charge in [-0.05, 0) is 26.3 Å². The smallest absolute Gasteiger partial charge is 0.236 e. The van der Waals surface area contributed by atoms with Crippen LogP contribution in [0.15, 0.2) is 0 Å². The van der Waals surface area contributed by atoms with Gasteiger partial charge in [-0.15, -0.1) is 24.8 Å². The fraction of sp³-hybridized carbons (Fsp3) is 0.909. The van der Waals surface area contributed by atoms with Gasteiger partial charge in [0.25, 0.3) is 0 Å². The Morgan fingerprint density at radius 2 is 2.00 bits per heavy atom. The first-order valence-corrected chi connectivity index (χ1v) is 5.96. The van der Waals surface area contributed by atoms with E-state index >= 15 is 0 Å². The molecule has 102 valence electrons. The van der Waals surface area contributed by atoms with Crippen molar-refractivity contribution in [3.63, 3.8) is 0 Å². The molecule has 2 fully saturated rings. The molecular weight excluding hydrogens is 261 g/mol. The Hall–Kier alpha value is -0.0300. The van der Waals surface area contributed by atoms with Crippen molar-refractivity contribution in [1.29, 1.82) is 0 Å². The summed E-state index contributed by atoms with van der Waals surface area (Å²) < 4.78 is 0. The van der Waals surface area contributed by atoms with Gasteiger partial charge in [-0.25, -0.2) is 0 Å². The molecule has 2 aliphatic heterocycles. The van der Waals surface area contributed by atoms with Crippen LogP contribution in [0.2, 0.25) is 0 Å². The zero-order chi connectivity index (χ0) is 10.8. The average Bonchev–Trinajstić information content (AvgIpc) is 2.27. The number of hydrogen-bond acceptors (Lipinski definition) is 3. The molecule has 1 amide bonds. The van der Waals surface area contributed by atoms with Crippen molar-refractivity contribution in [2.75, 3.05) is 26.2 Å². The summed E-state index contributed by atoms with van der Waals surface area (Å²) in [6.45, 7) is 5.39. The standard InChI is InChI=1S/C11H21N3O.2ClH/c1-9-7-13-5-3-2-4-10(13)8-14(9)11(15)6-12;;/h9-10H,2-8,12H2,1H3;2*1H. The first kappa shape index (κ1) is 17.0. The predicted molar refractivity (Wildman–Crippen MR) is 73.9 cm³/mol. The van der Waals surface area contributed by atoms with Gasteiger partial charge in [0, 0.05) is 25.2 Å². The third-order valence-electron chi connectivity index (χ3n) is 3.68. The zero-order valence-corrected chi connectivity index (χ0v) is 11.9. The van der Waals surface area contributed by atoms with Crippen LogP contribution < -0.4 is 5.73 Å². The van der Waals surface area contributed by atoms with E-state index in [1.54, 1.807) is 0 Å². The lowest BCUT2D eigenvalue weighted by molar-refractivity contribution is -0.136. The van der Waals surface area contributed by atoms with Crippen LogP contribution in [-0.4, -0.2) is 54.0 Å². The van der Waals surface area contributed by atoms with Crippen molar-refractivity contribution < 1.29 is 4.79 Å². The second kappa shape index (κ2) is 7.41. The number of hydrogen-bond donors (Lipinski definition) is 1. The number of nitrogens with zero attached hydrogens (tertiary/aromatic N) is 2. The molecule has 2 unspecified atom stereocenters. The number of nitrogens with two attached hydrogens (primary N) is 1. The van der Waals surface area contributed by atoms with Crippen molar-refractivity contribution in [2.45, 2.75) is 38.3 Å². The van der Waals surface area contributed by atoms with E-state index in [0.717, 1.165) is 13.1 Å². The third-order valence-corrected chi connectivity index (χ3v) is 3.68. The van der Waals surface area contributed by atoms with Crippen molar-refractivity contribution in [3.8, 4) is 0 Å². The summed E-state index contributed by atoms with van der Waals surface area (Å²) in [6, 6.07) is 0.917. The van der Waals surface area contributed by atoms with Gasteiger partial charge in [0.1, 0.15) is 0 Å². The number of carbonyl (C=O) groups excluding carboxylic acids is 1. The number of rotatable bonds is 1. The molecule has 2 saturated heterocycles. The second-order valence-corrected chi connectivity index (χ2v) is 4.74. The van der Waals surface area contributed by atoms with Crippen LogP contribution in [0.5, 0.6) is 0 Å². The molecule has 2 rings (SSSR count). The summed E-state index contributed by atoms with van der Waals surface area (Å²) in [5.74, 6) is 0.104. The molecule has 0 radical (unpaired) electrons. The molecule has 0 aromatic rings. The summed E-state index contributed by atoms with van der Waals surface area (Å²) in [6.07, 6.45) is 3.86. The monoisotopic (exact) mass is 283 g/mol. The van der Waals surface area contributed by atoms with Crippen LogP contribution in [0.25, 0.3) is 0 Å². The number of fused-ring (bicyclic) bond motifs is 1. The second-order valence-electron chi connectivity index (χ2n) is 4.74. The lowest BCUT2D eigenvalue weighted by Gasteiger charge is -2.47. The summed E-state index contributed by atoms with van der Waals surface area (Å²) in [4.78, 5) is 16.1. The summed E-state index contributed by atoms with van der Waals surface area (Å²) in [5, 5.41) is 0. The maximum absolute atomic E-state index is 11.6. The molecule has 4 nitrogen and oxygen atoms in total. The van der Waals surface area contributed by atoms with E-state index in [1.807, 2.05) is 4.90 Å². The molecule has 2 N–H and O–H groups in total. The Kier molecular flexibility index (Phi) is 7.40. The first-order valence-electron chi connectivity index (χ1n) is 5.96. The van der Waals surface area contributed by atoms with Gasteiger partial charge >= 0.3 is 0 Å². The first-order chi connectivity index (χ1) is 7.22. The zero-order valence-electron chi connectivity index (χ0n) is 10.3. The molecule has 2 atom stereocenters. The minimum absolute atomic E-state index is 0. The fourth-order valence-corrected chi connectivity index (χ4v) is 2.82.